The van der Waals surface area contributed by atoms with Crippen molar-refractivity contribution < 1.29 is 24.2 Å². The second kappa shape index (κ2) is 9.85. The van der Waals surface area contributed by atoms with Crippen LogP contribution in [0.5, 0.6) is 0 Å². The summed E-state index contributed by atoms with van der Waals surface area (Å²) in [4.78, 5) is 35.9. The summed E-state index contributed by atoms with van der Waals surface area (Å²) >= 11 is 0. The lowest BCUT2D eigenvalue weighted by atomic mass is 9.87. The molecule has 0 spiro atoms. The highest BCUT2D eigenvalue weighted by atomic mass is 16.5. The van der Waals surface area contributed by atoms with Gasteiger partial charge < -0.3 is 20.5 Å². The van der Waals surface area contributed by atoms with Crippen molar-refractivity contribution in [2.45, 2.75) is 33.1 Å². The van der Waals surface area contributed by atoms with Crippen molar-refractivity contribution in [1.82, 2.24) is 10.6 Å². The summed E-state index contributed by atoms with van der Waals surface area (Å²) in [6, 6.07) is 16.2. The molecule has 0 saturated heterocycles. The van der Waals surface area contributed by atoms with Crippen molar-refractivity contribution in [3.05, 3.63) is 59.7 Å². The molecule has 2 aromatic rings. The van der Waals surface area contributed by atoms with Crippen LogP contribution in [0.3, 0.4) is 0 Å². The van der Waals surface area contributed by atoms with Gasteiger partial charge >= 0.3 is 12.1 Å². The number of nitrogens with one attached hydrogen (secondary N) is 2. The van der Waals surface area contributed by atoms with Crippen molar-refractivity contribution in [3.63, 3.8) is 0 Å². The Labute approximate surface area is 188 Å². The summed E-state index contributed by atoms with van der Waals surface area (Å²) in [6.07, 6.45) is -0.190. The van der Waals surface area contributed by atoms with Gasteiger partial charge in [0, 0.05) is 19.0 Å². The maximum absolute atomic E-state index is 12.3. The monoisotopic (exact) mass is 438 g/mol. The molecule has 0 heterocycles. The van der Waals surface area contributed by atoms with Crippen molar-refractivity contribution >= 4 is 18.0 Å². The fourth-order valence-electron chi connectivity index (χ4n) is 3.79. The Hall–Kier alpha value is -3.35. The van der Waals surface area contributed by atoms with E-state index < -0.39 is 23.4 Å². The van der Waals surface area contributed by atoms with Crippen LogP contribution in [0.15, 0.2) is 48.5 Å². The Morgan fingerprint density at radius 2 is 1.59 bits per heavy atom. The van der Waals surface area contributed by atoms with E-state index in [9.17, 15) is 19.5 Å². The first-order valence-electron chi connectivity index (χ1n) is 10.9. The molecule has 0 fully saturated rings. The van der Waals surface area contributed by atoms with Gasteiger partial charge in [0.25, 0.3) is 0 Å². The van der Waals surface area contributed by atoms with Crippen molar-refractivity contribution in [1.29, 1.82) is 0 Å². The van der Waals surface area contributed by atoms with Gasteiger partial charge in [-0.15, -0.1) is 0 Å². The van der Waals surface area contributed by atoms with Crippen LogP contribution in [-0.4, -0.2) is 42.8 Å². The predicted molar refractivity (Wildman–Crippen MR) is 121 cm³/mol. The van der Waals surface area contributed by atoms with Crippen LogP contribution in [0.2, 0.25) is 0 Å². The van der Waals surface area contributed by atoms with Crippen LogP contribution in [0.1, 0.15) is 44.2 Å². The Balaban J connectivity index is 1.50. The van der Waals surface area contributed by atoms with E-state index in [2.05, 4.69) is 34.9 Å². The molecule has 2 amide bonds. The normalized spacial score (nSPS) is 15.1. The molecule has 0 bridgehead atoms. The number of rotatable bonds is 9. The number of carboxylic acids is 1. The highest BCUT2D eigenvalue weighted by Gasteiger charge is 2.32. The van der Waals surface area contributed by atoms with Gasteiger partial charge in [-0.1, -0.05) is 62.4 Å². The van der Waals surface area contributed by atoms with Crippen LogP contribution < -0.4 is 10.6 Å². The van der Waals surface area contributed by atoms with Crippen LogP contribution >= 0.6 is 0 Å². The first-order chi connectivity index (χ1) is 15.3. The molecule has 2 unspecified atom stereocenters. The third-order valence-corrected chi connectivity index (χ3v) is 6.29. The largest absolute Gasteiger partial charge is 0.481 e. The van der Waals surface area contributed by atoms with E-state index in [0.29, 0.717) is 6.42 Å². The number of fused-ring (bicyclic) bond motifs is 3. The van der Waals surface area contributed by atoms with E-state index in [-0.39, 0.29) is 31.5 Å². The molecule has 0 aliphatic heterocycles. The molecule has 2 aromatic carbocycles. The Bertz CT molecular complexity index is 960. The van der Waals surface area contributed by atoms with Gasteiger partial charge in [-0.3, -0.25) is 9.59 Å². The molecule has 2 atom stereocenters. The summed E-state index contributed by atoms with van der Waals surface area (Å²) in [6.45, 7) is 5.36. The van der Waals surface area contributed by atoms with Gasteiger partial charge in [0.1, 0.15) is 6.61 Å². The molecule has 32 heavy (non-hydrogen) atoms. The average molecular weight is 439 g/mol. The number of carboxylic acid groups (broad SMARTS) is 1. The number of carbonyl (C=O) groups excluding carboxylic acids is 2. The third-order valence-electron chi connectivity index (χ3n) is 6.29. The molecular weight excluding hydrogens is 408 g/mol. The summed E-state index contributed by atoms with van der Waals surface area (Å²) in [5.41, 5.74) is 3.55. The van der Waals surface area contributed by atoms with Gasteiger partial charge in [0.05, 0.1) is 11.3 Å². The van der Waals surface area contributed by atoms with E-state index in [1.165, 1.54) is 0 Å². The molecule has 0 aromatic heterocycles. The molecule has 170 valence electrons. The van der Waals surface area contributed by atoms with Crippen molar-refractivity contribution in [2.24, 2.45) is 11.3 Å². The number of amides is 2. The Morgan fingerprint density at radius 3 is 2.12 bits per heavy atom. The third kappa shape index (κ3) is 4.93. The number of aliphatic carboxylic acids is 1. The molecule has 1 aliphatic rings. The second-order valence-electron chi connectivity index (χ2n) is 8.54. The zero-order valence-corrected chi connectivity index (χ0v) is 18.7. The van der Waals surface area contributed by atoms with Crippen LogP contribution in [0.4, 0.5) is 4.79 Å². The maximum atomic E-state index is 12.3. The van der Waals surface area contributed by atoms with Gasteiger partial charge in [-0.25, -0.2) is 4.79 Å². The second-order valence-corrected chi connectivity index (χ2v) is 8.54. The SMILES string of the molecule is CCC(C)(CNC(=O)C(C)CNC(=O)OCC1c2ccccc2-c2ccccc21)C(=O)O. The van der Waals surface area contributed by atoms with Gasteiger partial charge in [-0.2, -0.15) is 0 Å². The Kier molecular flexibility index (Phi) is 7.18. The number of ether oxygens (including phenoxy) is 1. The topological polar surface area (TPSA) is 105 Å². The number of hydrogen-bond donors (Lipinski definition) is 3. The first kappa shape index (κ1) is 23.3. The van der Waals surface area contributed by atoms with Gasteiger partial charge in [0.2, 0.25) is 5.91 Å². The molecule has 7 heteroatoms. The molecule has 3 rings (SSSR count). The molecule has 7 nitrogen and oxygen atoms in total. The molecule has 0 radical (unpaired) electrons. The van der Waals surface area contributed by atoms with E-state index in [4.69, 9.17) is 4.74 Å². The standard InChI is InChI=1S/C25H30N2O5/c1-4-25(3,23(29)30)15-27-22(28)16(2)13-26-24(31)32-14-21-19-11-7-5-9-17(19)18-10-6-8-12-20(18)21/h5-12,16,21H,4,13-15H2,1-3H3,(H,26,31)(H,27,28)(H,29,30). The highest BCUT2D eigenvalue weighted by molar-refractivity contribution is 5.81. The summed E-state index contributed by atoms with van der Waals surface area (Å²) in [7, 11) is 0. The Morgan fingerprint density at radius 1 is 1.03 bits per heavy atom. The van der Waals surface area contributed by atoms with E-state index in [0.717, 1.165) is 22.3 Å². The molecule has 3 N–H and O–H groups in total. The number of alkyl carbamates (subject to hydrolysis) is 1. The fraction of sp³-hybridized carbons (Fsp3) is 0.400. The smallest absolute Gasteiger partial charge is 0.407 e. The van der Waals surface area contributed by atoms with Crippen molar-refractivity contribution in [3.8, 4) is 11.1 Å². The lowest BCUT2D eigenvalue weighted by Crippen LogP contribution is -2.44. The number of benzene rings is 2. The molecule has 1 aliphatic carbocycles. The minimum absolute atomic E-state index is 0.0309. The number of hydrogen-bond acceptors (Lipinski definition) is 4. The summed E-state index contributed by atoms with van der Waals surface area (Å²) < 4.78 is 5.47. The lowest BCUT2D eigenvalue weighted by molar-refractivity contribution is -0.148. The van der Waals surface area contributed by atoms with Gasteiger partial charge in [-0.05, 0) is 35.6 Å². The van der Waals surface area contributed by atoms with Crippen LogP contribution in [0, 0.1) is 11.3 Å². The summed E-state index contributed by atoms with van der Waals surface area (Å²) in [5.74, 6) is -1.82. The maximum Gasteiger partial charge on any atom is 0.407 e. The average Bonchev–Trinajstić information content (AvgIpc) is 3.13. The van der Waals surface area contributed by atoms with Crippen molar-refractivity contribution in [2.75, 3.05) is 19.7 Å². The minimum Gasteiger partial charge on any atom is -0.481 e. The first-order valence-corrected chi connectivity index (χ1v) is 10.9. The lowest BCUT2D eigenvalue weighted by Gasteiger charge is -2.24. The van der Waals surface area contributed by atoms with Crippen LogP contribution in [-0.2, 0) is 14.3 Å². The fourth-order valence-corrected chi connectivity index (χ4v) is 3.79. The number of carbonyl (C=O) groups is 3. The molecular formula is C25H30N2O5. The highest BCUT2D eigenvalue weighted by Crippen LogP contribution is 2.44. The van der Waals surface area contributed by atoms with E-state index in [1.807, 2.05) is 24.3 Å². The minimum atomic E-state index is -1.02. The van der Waals surface area contributed by atoms with E-state index >= 15 is 0 Å². The van der Waals surface area contributed by atoms with Gasteiger partial charge in [0.15, 0.2) is 0 Å². The zero-order valence-electron chi connectivity index (χ0n) is 18.7. The quantitative estimate of drug-likeness (QED) is 0.553. The molecule has 0 saturated carbocycles. The summed E-state index contributed by atoms with van der Waals surface area (Å²) in [5, 5.41) is 14.6. The van der Waals surface area contributed by atoms with Crippen LogP contribution in [0.25, 0.3) is 11.1 Å². The zero-order chi connectivity index (χ0) is 23.3. The van der Waals surface area contributed by atoms with E-state index in [1.54, 1.807) is 20.8 Å². The predicted octanol–water partition coefficient (Wildman–Crippen LogP) is 3.78.